The van der Waals surface area contributed by atoms with Gasteiger partial charge in [0.15, 0.2) is 0 Å². The Labute approximate surface area is 167 Å². The summed E-state index contributed by atoms with van der Waals surface area (Å²) in [7, 11) is 6.25. The number of nitrogens with two attached hydrogens (primary N) is 1. The molecule has 9 heteroatoms. The Hall–Kier alpha value is -3.36. The van der Waals surface area contributed by atoms with Crippen molar-refractivity contribution in [2.45, 2.75) is 31.4 Å². The number of hydrogen-bond donors (Lipinski definition) is 3. The Balaban J connectivity index is 1.59. The number of nitrogens with zero attached hydrogens (tertiary/aromatic N) is 1. The van der Waals surface area contributed by atoms with Crippen molar-refractivity contribution < 1.29 is 18.8 Å². The summed E-state index contributed by atoms with van der Waals surface area (Å²) in [6, 6.07) is 9.45. The summed E-state index contributed by atoms with van der Waals surface area (Å²) in [6.07, 6.45) is 0.108. The molecule has 0 aliphatic carbocycles. The van der Waals surface area contributed by atoms with Crippen molar-refractivity contribution in [1.29, 1.82) is 0 Å². The molecule has 2 radical (unpaired) electrons. The fourth-order valence-electron chi connectivity index (χ4n) is 3.71. The van der Waals surface area contributed by atoms with E-state index in [1.165, 1.54) is 17.0 Å². The normalized spacial score (nSPS) is 21.1. The van der Waals surface area contributed by atoms with Crippen molar-refractivity contribution in [1.82, 2.24) is 10.2 Å². The number of halogens is 1. The average Bonchev–Trinajstić information content (AvgIpc) is 3.04. The second-order valence-corrected chi connectivity index (χ2v) is 7.23. The standard InChI is InChI=1S/C20H18BFN4O3/c21-20(7-6-17(27)25-19(20)29)26-10-14-13(18(26)28)2-1-3-16(14)24-9-11-8-12(23)4-5-15(11)22/h1-5,8,24H,6-7,9-10,23H2,(H,25,27,29). The van der Waals surface area contributed by atoms with Crippen LogP contribution in [0.2, 0.25) is 0 Å². The van der Waals surface area contributed by atoms with Crippen LogP contribution in [0.1, 0.15) is 34.3 Å². The summed E-state index contributed by atoms with van der Waals surface area (Å²) in [5.74, 6) is -1.87. The minimum absolute atomic E-state index is 0.0503. The maximum atomic E-state index is 14.0. The van der Waals surface area contributed by atoms with Gasteiger partial charge in [-0.05, 0) is 36.8 Å². The van der Waals surface area contributed by atoms with Crippen molar-refractivity contribution in [3.63, 3.8) is 0 Å². The summed E-state index contributed by atoms with van der Waals surface area (Å²) >= 11 is 0. The van der Waals surface area contributed by atoms with Crippen LogP contribution < -0.4 is 16.4 Å². The van der Waals surface area contributed by atoms with Crippen LogP contribution in [0.15, 0.2) is 36.4 Å². The number of rotatable bonds is 4. The fourth-order valence-corrected chi connectivity index (χ4v) is 3.71. The van der Waals surface area contributed by atoms with E-state index in [0.29, 0.717) is 28.1 Å². The first-order valence-corrected chi connectivity index (χ1v) is 9.14. The molecule has 3 amide bonds. The largest absolute Gasteiger partial charge is 0.399 e. The number of anilines is 2. The maximum Gasteiger partial charge on any atom is 0.254 e. The number of benzene rings is 2. The number of imide groups is 1. The molecule has 7 nitrogen and oxygen atoms in total. The van der Waals surface area contributed by atoms with Crippen molar-refractivity contribution in [2.75, 3.05) is 11.1 Å². The molecule has 2 aliphatic heterocycles. The summed E-state index contributed by atoms with van der Waals surface area (Å²) in [5.41, 5.74) is 6.68. The van der Waals surface area contributed by atoms with Crippen LogP contribution in [0.5, 0.6) is 0 Å². The van der Waals surface area contributed by atoms with Gasteiger partial charge in [-0.2, -0.15) is 0 Å². The topological polar surface area (TPSA) is 105 Å². The molecule has 0 aromatic heterocycles. The lowest BCUT2D eigenvalue weighted by atomic mass is 9.70. The fraction of sp³-hybridized carbons (Fsp3) is 0.250. The molecule has 1 atom stereocenters. The molecule has 4 rings (SSSR count). The first kappa shape index (κ1) is 19.0. The highest BCUT2D eigenvalue weighted by Crippen LogP contribution is 2.36. The zero-order chi connectivity index (χ0) is 20.8. The van der Waals surface area contributed by atoms with Gasteiger partial charge in [0, 0.05) is 47.6 Å². The number of hydrogen-bond acceptors (Lipinski definition) is 5. The molecule has 2 aliphatic rings. The Bertz CT molecular complexity index is 1040. The molecular weight excluding hydrogens is 374 g/mol. The van der Waals surface area contributed by atoms with E-state index in [2.05, 4.69) is 10.6 Å². The summed E-state index contributed by atoms with van der Waals surface area (Å²) in [5, 5.41) is 5.34. The number of carbonyl (C=O) groups excluding carboxylic acids is 3. The zero-order valence-electron chi connectivity index (χ0n) is 15.5. The third-order valence-electron chi connectivity index (χ3n) is 5.37. The highest BCUT2D eigenvalue weighted by molar-refractivity contribution is 6.32. The number of nitrogens with one attached hydrogen (secondary N) is 2. The molecule has 146 valence electrons. The van der Waals surface area contributed by atoms with Gasteiger partial charge in [-0.25, -0.2) is 4.39 Å². The first-order valence-electron chi connectivity index (χ1n) is 9.14. The number of piperidine rings is 1. The van der Waals surface area contributed by atoms with Gasteiger partial charge in [-0.3, -0.25) is 19.7 Å². The lowest BCUT2D eigenvalue weighted by Gasteiger charge is -2.40. The van der Waals surface area contributed by atoms with E-state index in [0.717, 1.165) is 0 Å². The van der Waals surface area contributed by atoms with Crippen LogP contribution >= 0.6 is 0 Å². The summed E-state index contributed by atoms with van der Waals surface area (Å²) in [4.78, 5) is 38.0. The van der Waals surface area contributed by atoms with Crippen molar-refractivity contribution in [2.24, 2.45) is 0 Å². The zero-order valence-corrected chi connectivity index (χ0v) is 15.5. The minimum atomic E-state index is -1.60. The number of amides is 3. The van der Waals surface area contributed by atoms with E-state index in [-0.39, 0.29) is 37.7 Å². The lowest BCUT2D eigenvalue weighted by Crippen LogP contribution is -2.63. The molecule has 0 saturated carbocycles. The third-order valence-corrected chi connectivity index (χ3v) is 5.37. The van der Waals surface area contributed by atoms with E-state index < -0.39 is 17.3 Å². The predicted molar refractivity (Wildman–Crippen MR) is 105 cm³/mol. The van der Waals surface area contributed by atoms with Crippen LogP contribution in [0.25, 0.3) is 0 Å². The molecule has 4 N–H and O–H groups in total. The predicted octanol–water partition coefficient (Wildman–Crippen LogP) is 1.28. The van der Waals surface area contributed by atoms with Gasteiger partial charge in [0.25, 0.3) is 5.91 Å². The molecule has 2 aromatic rings. The molecule has 2 aromatic carbocycles. The van der Waals surface area contributed by atoms with Crippen LogP contribution in [-0.2, 0) is 22.7 Å². The second kappa shape index (κ2) is 6.91. The van der Waals surface area contributed by atoms with Gasteiger partial charge in [0.1, 0.15) is 13.7 Å². The van der Waals surface area contributed by atoms with E-state index in [9.17, 15) is 18.8 Å². The second-order valence-electron chi connectivity index (χ2n) is 7.23. The third kappa shape index (κ3) is 3.22. The first-order chi connectivity index (χ1) is 13.8. The van der Waals surface area contributed by atoms with Crippen molar-refractivity contribution in [3.05, 3.63) is 58.9 Å². The Morgan fingerprint density at radius 3 is 2.79 bits per heavy atom. The molecule has 1 saturated heterocycles. The molecule has 29 heavy (non-hydrogen) atoms. The van der Waals surface area contributed by atoms with Gasteiger partial charge < -0.3 is 16.0 Å². The number of fused-ring (bicyclic) bond motifs is 1. The molecule has 1 fully saturated rings. The van der Waals surface area contributed by atoms with Gasteiger partial charge >= 0.3 is 0 Å². The number of nitrogen functional groups attached to an aromatic ring is 1. The van der Waals surface area contributed by atoms with E-state index in [4.69, 9.17) is 13.6 Å². The highest BCUT2D eigenvalue weighted by atomic mass is 19.1. The van der Waals surface area contributed by atoms with Gasteiger partial charge in [0.05, 0.1) is 5.44 Å². The highest BCUT2D eigenvalue weighted by Gasteiger charge is 2.48. The van der Waals surface area contributed by atoms with Crippen molar-refractivity contribution in [3.8, 4) is 0 Å². The van der Waals surface area contributed by atoms with Crippen molar-refractivity contribution >= 4 is 36.9 Å². The molecular formula is C20H18BFN4O3. The minimum Gasteiger partial charge on any atom is -0.399 e. The summed E-state index contributed by atoms with van der Waals surface area (Å²) < 4.78 is 14.0. The number of carbonyl (C=O) groups is 3. The van der Waals surface area contributed by atoms with Crippen LogP contribution in [-0.4, -0.2) is 35.9 Å². The van der Waals surface area contributed by atoms with E-state index in [1.54, 1.807) is 24.3 Å². The molecule has 1 unspecified atom stereocenters. The Morgan fingerprint density at radius 2 is 2.03 bits per heavy atom. The van der Waals surface area contributed by atoms with Crippen LogP contribution in [0.3, 0.4) is 0 Å². The monoisotopic (exact) mass is 392 g/mol. The average molecular weight is 392 g/mol. The Kier molecular flexibility index (Phi) is 4.53. The van der Waals surface area contributed by atoms with Gasteiger partial charge in [0.2, 0.25) is 11.8 Å². The molecule has 2 heterocycles. The van der Waals surface area contributed by atoms with E-state index >= 15 is 0 Å². The SMILES string of the molecule is [B]C1(N2Cc3c(NCc4cc(N)ccc4F)cccc3C2=O)CCC(=O)NC1=O. The van der Waals surface area contributed by atoms with Crippen LogP contribution in [0, 0.1) is 5.82 Å². The van der Waals surface area contributed by atoms with E-state index in [1.807, 2.05) is 0 Å². The van der Waals surface area contributed by atoms with Crippen LogP contribution in [0.4, 0.5) is 15.8 Å². The summed E-state index contributed by atoms with van der Waals surface area (Å²) in [6.45, 7) is 0.277. The van der Waals surface area contributed by atoms with Gasteiger partial charge in [-0.15, -0.1) is 0 Å². The molecule has 0 spiro atoms. The maximum absolute atomic E-state index is 14.0. The Morgan fingerprint density at radius 1 is 1.24 bits per heavy atom. The molecule has 0 bridgehead atoms. The lowest BCUT2D eigenvalue weighted by molar-refractivity contribution is -0.138. The van der Waals surface area contributed by atoms with Gasteiger partial charge in [-0.1, -0.05) is 6.07 Å². The quantitative estimate of drug-likeness (QED) is 0.413. The smallest absolute Gasteiger partial charge is 0.254 e.